The van der Waals surface area contributed by atoms with Gasteiger partial charge in [0.25, 0.3) is 0 Å². The van der Waals surface area contributed by atoms with Crippen molar-refractivity contribution in [2.45, 2.75) is 19.4 Å². The second-order valence-corrected chi connectivity index (χ2v) is 4.91. The van der Waals surface area contributed by atoms with E-state index in [4.69, 9.17) is 22.1 Å². The number of nitrogens with two attached hydrogens (primary N) is 1. The van der Waals surface area contributed by atoms with Crippen molar-refractivity contribution in [2.24, 2.45) is 5.73 Å². The molecule has 0 aromatic heterocycles. The topological polar surface area (TPSA) is 35.2 Å². The highest BCUT2D eigenvalue weighted by molar-refractivity contribution is 6.30. The standard InChI is InChI=1S/C16H18ClNO/c1-2-12-4-3-5-13(10-12)16(18)11-19-15-8-6-14(17)7-9-15/h3-10,16H,2,11,18H2,1H3. The molecule has 3 heteroatoms. The van der Waals surface area contributed by atoms with Crippen LogP contribution in [0, 0.1) is 0 Å². The highest BCUT2D eigenvalue weighted by atomic mass is 35.5. The molecule has 2 nitrogen and oxygen atoms in total. The lowest BCUT2D eigenvalue weighted by Gasteiger charge is -2.14. The van der Waals surface area contributed by atoms with Gasteiger partial charge in [0.1, 0.15) is 12.4 Å². The summed E-state index contributed by atoms with van der Waals surface area (Å²) in [6.45, 7) is 2.59. The van der Waals surface area contributed by atoms with E-state index in [0.29, 0.717) is 11.6 Å². The fourth-order valence-electron chi connectivity index (χ4n) is 1.86. The monoisotopic (exact) mass is 275 g/mol. The molecule has 0 aliphatic carbocycles. The molecule has 0 spiro atoms. The molecular weight excluding hydrogens is 258 g/mol. The third-order valence-electron chi connectivity index (χ3n) is 3.03. The summed E-state index contributed by atoms with van der Waals surface area (Å²) in [6, 6.07) is 15.5. The second-order valence-electron chi connectivity index (χ2n) is 4.47. The van der Waals surface area contributed by atoms with E-state index in [0.717, 1.165) is 17.7 Å². The van der Waals surface area contributed by atoms with Gasteiger partial charge in [-0.25, -0.2) is 0 Å². The van der Waals surface area contributed by atoms with E-state index in [-0.39, 0.29) is 6.04 Å². The molecule has 0 saturated heterocycles. The Balaban J connectivity index is 1.96. The smallest absolute Gasteiger partial charge is 0.119 e. The highest BCUT2D eigenvalue weighted by Crippen LogP contribution is 2.18. The van der Waals surface area contributed by atoms with Crippen molar-refractivity contribution in [1.29, 1.82) is 0 Å². The minimum atomic E-state index is -0.123. The molecule has 2 rings (SSSR count). The molecule has 1 atom stereocenters. The molecule has 0 aliphatic rings. The van der Waals surface area contributed by atoms with E-state index in [1.54, 1.807) is 12.1 Å². The Morgan fingerprint density at radius 1 is 1.16 bits per heavy atom. The maximum Gasteiger partial charge on any atom is 0.119 e. The number of rotatable bonds is 5. The number of benzene rings is 2. The normalized spacial score (nSPS) is 12.2. The van der Waals surface area contributed by atoms with Crippen molar-refractivity contribution in [3.63, 3.8) is 0 Å². The van der Waals surface area contributed by atoms with Crippen LogP contribution in [0.3, 0.4) is 0 Å². The number of hydrogen-bond donors (Lipinski definition) is 1. The first-order chi connectivity index (χ1) is 9.19. The Kier molecular flexibility index (Phi) is 4.83. The van der Waals surface area contributed by atoms with Crippen LogP contribution in [-0.2, 0) is 6.42 Å². The summed E-state index contributed by atoms with van der Waals surface area (Å²) in [5.41, 5.74) is 8.54. The van der Waals surface area contributed by atoms with Gasteiger partial charge in [-0.05, 0) is 41.8 Å². The molecule has 2 N–H and O–H groups in total. The molecule has 1 unspecified atom stereocenters. The molecule has 2 aromatic rings. The van der Waals surface area contributed by atoms with Gasteiger partial charge < -0.3 is 10.5 Å². The van der Waals surface area contributed by atoms with E-state index < -0.39 is 0 Å². The maximum absolute atomic E-state index is 6.15. The Hall–Kier alpha value is -1.51. The van der Waals surface area contributed by atoms with Crippen LogP contribution in [0.25, 0.3) is 0 Å². The number of aryl methyl sites for hydroxylation is 1. The predicted molar refractivity (Wildman–Crippen MR) is 79.7 cm³/mol. The molecule has 19 heavy (non-hydrogen) atoms. The molecule has 0 bridgehead atoms. The average molecular weight is 276 g/mol. The van der Waals surface area contributed by atoms with Crippen molar-refractivity contribution in [1.82, 2.24) is 0 Å². The van der Waals surface area contributed by atoms with Crippen molar-refractivity contribution in [3.8, 4) is 5.75 Å². The lowest BCUT2D eigenvalue weighted by atomic mass is 10.0. The number of halogens is 1. The number of ether oxygens (including phenoxy) is 1. The predicted octanol–water partition coefficient (Wildman–Crippen LogP) is 3.98. The lowest BCUT2D eigenvalue weighted by molar-refractivity contribution is 0.290. The fraction of sp³-hybridized carbons (Fsp3) is 0.250. The van der Waals surface area contributed by atoms with Crippen LogP contribution in [0.5, 0.6) is 5.75 Å². The molecule has 2 aromatic carbocycles. The van der Waals surface area contributed by atoms with Crippen LogP contribution in [0.1, 0.15) is 24.1 Å². The van der Waals surface area contributed by atoms with Gasteiger partial charge in [-0.3, -0.25) is 0 Å². The quantitative estimate of drug-likeness (QED) is 0.896. The number of hydrogen-bond acceptors (Lipinski definition) is 2. The van der Waals surface area contributed by atoms with Crippen LogP contribution < -0.4 is 10.5 Å². The largest absolute Gasteiger partial charge is 0.492 e. The highest BCUT2D eigenvalue weighted by Gasteiger charge is 2.07. The van der Waals surface area contributed by atoms with E-state index >= 15 is 0 Å². The maximum atomic E-state index is 6.15. The molecule has 0 heterocycles. The van der Waals surface area contributed by atoms with Gasteiger partial charge in [0.05, 0.1) is 6.04 Å². The third kappa shape index (κ3) is 3.98. The van der Waals surface area contributed by atoms with Gasteiger partial charge in [-0.15, -0.1) is 0 Å². The van der Waals surface area contributed by atoms with Crippen molar-refractivity contribution < 1.29 is 4.74 Å². The summed E-state index contributed by atoms with van der Waals surface area (Å²) < 4.78 is 5.67. The summed E-state index contributed by atoms with van der Waals surface area (Å²) in [6.07, 6.45) is 1.01. The Morgan fingerprint density at radius 3 is 2.58 bits per heavy atom. The summed E-state index contributed by atoms with van der Waals surface area (Å²) in [5.74, 6) is 0.784. The zero-order valence-electron chi connectivity index (χ0n) is 11.0. The zero-order valence-corrected chi connectivity index (χ0v) is 11.7. The minimum Gasteiger partial charge on any atom is -0.492 e. The Bertz CT molecular complexity index is 525. The summed E-state index contributed by atoms with van der Waals surface area (Å²) in [7, 11) is 0. The molecular formula is C16H18ClNO. The van der Waals surface area contributed by atoms with Crippen LogP contribution >= 0.6 is 11.6 Å². The Labute approximate surface area is 119 Å². The molecule has 100 valence electrons. The molecule has 0 amide bonds. The Morgan fingerprint density at radius 2 is 1.89 bits per heavy atom. The van der Waals surface area contributed by atoms with Gasteiger partial charge in [-0.1, -0.05) is 42.8 Å². The zero-order chi connectivity index (χ0) is 13.7. The van der Waals surface area contributed by atoms with Crippen molar-refractivity contribution >= 4 is 11.6 Å². The first kappa shape index (κ1) is 13.9. The van der Waals surface area contributed by atoms with Crippen LogP contribution in [0.2, 0.25) is 5.02 Å². The van der Waals surface area contributed by atoms with Gasteiger partial charge >= 0.3 is 0 Å². The molecule has 0 radical (unpaired) electrons. The van der Waals surface area contributed by atoms with E-state index in [1.807, 2.05) is 24.3 Å². The SMILES string of the molecule is CCc1cccc(C(N)COc2ccc(Cl)cc2)c1. The summed E-state index contributed by atoms with van der Waals surface area (Å²) in [4.78, 5) is 0. The van der Waals surface area contributed by atoms with Crippen molar-refractivity contribution in [2.75, 3.05) is 6.61 Å². The molecule has 0 aliphatic heterocycles. The van der Waals surface area contributed by atoms with E-state index in [2.05, 4.69) is 19.1 Å². The molecule has 0 saturated carbocycles. The van der Waals surface area contributed by atoms with Crippen LogP contribution in [0.15, 0.2) is 48.5 Å². The lowest BCUT2D eigenvalue weighted by Crippen LogP contribution is -2.19. The first-order valence-electron chi connectivity index (χ1n) is 6.42. The van der Waals surface area contributed by atoms with Gasteiger partial charge in [0, 0.05) is 5.02 Å². The third-order valence-corrected chi connectivity index (χ3v) is 3.28. The van der Waals surface area contributed by atoms with Gasteiger partial charge in [0.15, 0.2) is 0 Å². The summed E-state index contributed by atoms with van der Waals surface area (Å²) in [5, 5.41) is 0.701. The van der Waals surface area contributed by atoms with E-state index in [1.165, 1.54) is 5.56 Å². The first-order valence-corrected chi connectivity index (χ1v) is 6.79. The van der Waals surface area contributed by atoms with Crippen LogP contribution in [0.4, 0.5) is 0 Å². The average Bonchev–Trinajstić information content (AvgIpc) is 2.46. The minimum absolute atomic E-state index is 0.123. The summed E-state index contributed by atoms with van der Waals surface area (Å²) >= 11 is 5.82. The second kappa shape index (κ2) is 6.60. The van der Waals surface area contributed by atoms with Crippen LogP contribution in [-0.4, -0.2) is 6.61 Å². The van der Waals surface area contributed by atoms with Crippen molar-refractivity contribution in [3.05, 3.63) is 64.7 Å². The van der Waals surface area contributed by atoms with Gasteiger partial charge in [-0.2, -0.15) is 0 Å². The molecule has 0 fully saturated rings. The van der Waals surface area contributed by atoms with Gasteiger partial charge in [0.2, 0.25) is 0 Å². The fourth-order valence-corrected chi connectivity index (χ4v) is 1.98. The van der Waals surface area contributed by atoms with E-state index in [9.17, 15) is 0 Å².